The number of ether oxygens (including phenoxy) is 5. The van der Waals surface area contributed by atoms with Crippen molar-refractivity contribution in [1.82, 2.24) is 0 Å². The van der Waals surface area contributed by atoms with Crippen molar-refractivity contribution >= 4 is 21.9 Å². The molecule has 0 atom stereocenters. The molecule has 0 aromatic heterocycles. The summed E-state index contributed by atoms with van der Waals surface area (Å²) < 4.78 is 29.3. The van der Waals surface area contributed by atoms with E-state index in [9.17, 15) is 4.79 Å². The summed E-state index contributed by atoms with van der Waals surface area (Å²) >= 11 is 3.56. The van der Waals surface area contributed by atoms with E-state index in [1.54, 1.807) is 0 Å². The Balaban J connectivity index is 0.000000119. The van der Waals surface area contributed by atoms with Crippen molar-refractivity contribution in [3.05, 3.63) is 154 Å². The summed E-state index contributed by atoms with van der Waals surface area (Å²) in [5.74, 6) is -0.204. The highest BCUT2D eigenvalue weighted by Gasteiger charge is 2.56. The normalized spacial score (nSPS) is 34.6. The lowest BCUT2D eigenvalue weighted by molar-refractivity contribution is -0.198. The zero-order chi connectivity index (χ0) is 50.7. The number of carbonyl (C=O) groups is 1. The van der Waals surface area contributed by atoms with Crippen LogP contribution >= 0.6 is 15.9 Å². The number of alkyl halides is 1. The Morgan fingerprint density at radius 3 is 1.07 bits per heavy atom. The Hall–Kier alpha value is -3.63. The number of halogens is 1. The lowest BCUT2D eigenvalue weighted by atomic mass is 9.62. The van der Waals surface area contributed by atoms with Crippen molar-refractivity contribution in [1.29, 1.82) is 0 Å². The minimum absolute atomic E-state index is 0.00749. The number of aliphatic hydroxyl groups is 1. The highest BCUT2D eigenvalue weighted by molar-refractivity contribution is 9.09. The molecule has 1 N–H and O–H groups in total. The smallest absolute Gasteiger partial charge is 0.338 e. The zero-order valence-electron chi connectivity index (χ0n) is 44.3. The van der Waals surface area contributed by atoms with Crippen molar-refractivity contribution in [2.75, 3.05) is 45.5 Å². The molecule has 4 saturated carbocycles. The minimum Gasteiger partial charge on any atom is -0.467 e. The maximum atomic E-state index is 11.9. The largest absolute Gasteiger partial charge is 0.467 e. The van der Waals surface area contributed by atoms with Gasteiger partial charge >= 0.3 is 5.97 Å². The van der Waals surface area contributed by atoms with Crippen LogP contribution in [0.25, 0.3) is 0 Å². The first-order valence-corrected chi connectivity index (χ1v) is 28.5. The minimum atomic E-state index is -0.665. The zero-order valence-corrected chi connectivity index (χ0v) is 45.9. The molecule has 16 rings (SSSR count). The molecule has 8 bridgehead atoms. The second-order valence-corrected chi connectivity index (χ2v) is 24.6. The number of hydrogen-bond acceptors (Lipinski definition) is 7. The molecule has 0 unspecified atom stereocenters. The van der Waals surface area contributed by atoms with Gasteiger partial charge in [-0.3, -0.25) is 0 Å². The standard InChI is InChI=1S/C16H21BrO.C16H20O3.C16H22O2.C16H20O/c1-13-2-4-14(5-3-13)15-6-8-16(9-7-15,10-11-17)18-12-15;1-12-3-5-13(6-4-12)15-7-9-16(10-8-15,19-11-15)14(17)18-2;1-13-2-4-14(5-3-13)15-6-8-16(9-7-15,10-11-17)18-12-15;1-3-16-10-8-15(9-11-16,12-17-16)14-6-4-13(2)5-7-14/h2-5H,6-12H2,1H3;3-6H,7-11H2,1-2H3;2-5,17H,6-12H2,1H3;3-7H,1,8-12H2,2H3. The molecule has 8 heteroatoms. The van der Waals surface area contributed by atoms with Crippen molar-refractivity contribution in [2.24, 2.45) is 0 Å². The van der Waals surface area contributed by atoms with E-state index in [2.05, 4.69) is 147 Å². The molecule has 4 aromatic rings. The number of carbonyl (C=O) groups excluding carboxylic acids is 1. The Labute approximate surface area is 440 Å². The monoisotopic (exact) mass is 1040 g/mol. The predicted octanol–water partition coefficient (Wildman–Crippen LogP) is 13.8. The second kappa shape index (κ2) is 21.5. The van der Waals surface area contributed by atoms with Gasteiger partial charge in [0.25, 0.3) is 0 Å². The quantitative estimate of drug-likeness (QED) is 0.0962. The molecule has 0 spiro atoms. The second-order valence-electron chi connectivity index (χ2n) is 23.8. The van der Waals surface area contributed by atoms with E-state index in [1.165, 1.54) is 103 Å². The van der Waals surface area contributed by atoms with Gasteiger partial charge in [-0.05, 0) is 166 Å². The van der Waals surface area contributed by atoms with Gasteiger partial charge in [-0.1, -0.05) is 141 Å². The third-order valence-corrected chi connectivity index (χ3v) is 20.0. The van der Waals surface area contributed by atoms with Crippen LogP contribution in [0.3, 0.4) is 0 Å². The predicted molar refractivity (Wildman–Crippen MR) is 292 cm³/mol. The number of rotatable bonds is 10. The number of aryl methyl sites for hydroxylation is 4. The van der Waals surface area contributed by atoms with Gasteiger partial charge in [0.1, 0.15) is 0 Å². The first kappa shape index (κ1) is 53.2. The molecule has 8 aliphatic heterocycles. The molecular weight excluding hydrogens is 961 g/mol. The average molecular weight is 1040 g/mol. The summed E-state index contributed by atoms with van der Waals surface area (Å²) in [6.45, 7) is 15.9. The number of benzene rings is 4. The Morgan fingerprint density at radius 2 is 0.819 bits per heavy atom. The van der Waals surface area contributed by atoms with Crippen LogP contribution in [-0.4, -0.2) is 79.0 Å². The lowest BCUT2D eigenvalue weighted by Crippen LogP contribution is -2.57. The highest BCUT2D eigenvalue weighted by Crippen LogP contribution is 2.54. The van der Waals surface area contributed by atoms with E-state index in [0.29, 0.717) is 12.0 Å². The molecule has 8 saturated heterocycles. The van der Waals surface area contributed by atoms with E-state index in [-0.39, 0.29) is 45.6 Å². The van der Waals surface area contributed by atoms with E-state index in [0.717, 1.165) is 89.4 Å². The molecule has 0 amide bonds. The van der Waals surface area contributed by atoms with E-state index < -0.39 is 5.60 Å². The van der Waals surface area contributed by atoms with Gasteiger partial charge in [-0.25, -0.2) is 4.79 Å². The summed E-state index contributed by atoms with van der Waals surface area (Å²) in [5.41, 5.74) is 11.4. The first-order valence-electron chi connectivity index (χ1n) is 27.4. The molecule has 388 valence electrons. The van der Waals surface area contributed by atoms with Crippen LogP contribution in [0.1, 0.15) is 160 Å². The van der Waals surface area contributed by atoms with Gasteiger partial charge < -0.3 is 28.8 Å². The number of methoxy groups -OCH3 is 1. The van der Waals surface area contributed by atoms with Gasteiger partial charge in [0, 0.05) is 33.6 Å². The maximum Gasteiger partial charge on any atom is 0.338 e. The van der Waals surface area contributed by atoms with Crippen LogP contribution < -0.4 is 0 Å². The molecule has 7 nitrogen and oxygen atoms in total. The van der Waals surface area contributed by atoms with Crippen molar-refractivity contribution in [3.63, 3.8) is 0 Å². The van der Waals surface area contributed by atoms with Gasteiger partial charge in [0.2, 0.25) is 0 Å². The number of esters is 1. The fourth-order valence-electron chi connectivity index (χ4n) is 13.8. The summed E-state index contributed by atoms with van der Waals surface area (Å²) in [6, 6.07) is 35.7. The molecule has 72 heavy (non-hydrogen) atoms. The van der Waals surface area contributed by atoms with Gasteiger partial charge in [0.15, 0.2) is 5.60 Å². The van der Waals surface area contributed by atoms with E-state index in [4.69, 9.17) is 28.8 Å². The van der Waals surface area contributed by atoms with E-state index in [1.807, 2.05) is 6.08 Å². The van der Waals surface area contributed by atoms with Crippen LogP contribution in [0.2, 0.25) is 0 Å². The number of fused-ring (bicyclic) bond motifs is 12. The summed E-state index contributed by atoms with van der Waals surface area (Å²) in [6.07, 6.45) is 21.9. The van der Waals surface area contributed by atoms with Gasteiger partial charge in [-0.15, -0.1) is 6.58 Å². The van der Waals surface area contributed by atoms with Crippen molar-refractivity contribution in [2.45, 2.75) is 187 Å². The Kier molecular flexibility index (Phi) is 15.9. The van der Waals surface area contributed by atoms with Gasteiger partial charge in [0.05, 0.1) is 50.3 Å². The fourth-order valence-corrected chi connectivity index (χ4v) is 14.5. The first-order chi connectivity index (χ1) is 34.6. The topological polar surface area (TPSA) is 83.5 Å². The molecule has 12 aliphatic rings. The average Bonchev–Trinajstić information content (AvgIpc) is 3.44. The van der Waals surface area contributed by atoms with Crippen LogP contribution in [0, 0.1) is 27.7 Å². The maximum absolute atomic E-state index is 11.9. The summed E-state index contributed by atoms with van der Waals surface area (Å²) in [7, 11) is 1.44. The highest BCUT2D eigenvalue weighted by atomic mass is 79.9. The third kappa shape index (κ3) is 10.6. The molecule has 12 fully saturated rings. The lowest BCUT2D eigenvalue weighted by Gasteiger charge is -2.53. The Bertz CT molecular complexity index is 2280. The fraction of sp³-hybridized carbons (Fsp3) is 0.578. The van der Waals surface area contributed by atoms with Crippen molar-refractivity contribution < 1.29 is 33.6 Å². The Morgan fingerprint density at radius 1 is 0.500 bits per heavy atom. The molecule has 4 aromatic carbocycles. The van der Waals surface area contributed by atoms with Crippen LogP contribution in [0.15, 0.2) is 110 Å². The van der Waals surface area contributed by atoms with Crippen LogP contribution in [0.4, 0.5) is 0 Å². The number of aliphatic hydroxyl groups excluding tert-OH is 1. The molecule has 4 aliphatic carbocycles. The van der Waals surface area contributed by atoms with Crippen LogP contribution in [-0.2, 0) is 50.1 Å². The van der Waals surface area contributed by atoms with E-state index >= 15 is 0 Å². The SMILES string of the molecule is C=CC12CCC(c3ccc(C)cc3)(CC1)CO2.COC(=O)C12CCC(c3ccc(C)cc3)(CC1)CO2.Cc1ccc(C23CCC(CCBr)(CC2)OC3)cc1.Cc1ccc(C23CCC(CCO)(CC2)OC3)cc1. The summed E-state index contributed by atoms with van der Waals surface area (Å²) in [4.78, 5) is 11.9. The molecular formula is C64H83BrO7. The summed E-state index contributed by atoms with van der Waals surface area (Å²) in [5, 5.41) is 10.2. The van der Waals surface area contributed by atoms with Crippen LogP contribution in [0.5, 0.6) is 0 Å². The third-order valence-electron chi connectivity index (χ3n) is 19.6. The van der Waals surface area contributed by atoms with Crippen molar-refractivity contribution in [3.8, 4) is 0 Å². The number of hydrogen-bond donors (Lipinski definition) is 1. The molecule has 8 heterocycles. The molecule has 0 radical (unpaired) electrons. The van der Waals surface area contributed by atoms with Gasteiger partial charge in [-0.2, -0.15) is 0 Å².